The summed E-state index contributed by atoms with van der Waals surface area (Å²) in [7, 11) is 0. The number of thiophene rings is 1. The average Bonchev–Trinajstić information content (AvgIpc) is 3.15. The van der Waals surface area contributed by atoms with E-state index in [4.69, 9.17) is 4.74 Å². The van der Waals surface area contributed by atoms with Crippen LogP contribution in [-0.4, -0.2) is 27.4 Å². The molecule has 0 spiro atoms. The highest BCUT2D eigenvalue weighted by Gasteiger charge is 2.15. The van der Waals surface area contributed by atoms with Gasteiger partial charge in [-0.1, -0.05) is 48.5 Å². The van der Waals surface area contributed by atoms with Crippen LogP contribution in [0.2, 0.25) is 0 Å². The van der Waals surface area contributed by atoms with Gasteiger partial charge in [0.2, 0.25) is 0 Å². The largest absolute Gasteiger partial charge is 0.491 e. The van der Waals surface area contributed by atoms with E-state index in [-0.39, 0.29) is 18.7 Å². The number of para-hydroxylation sites is 1. The Kier molecular flexibility index (Phi) is 5.00. The molecule has 1 N–H and O–H groups in total. The Morgan fingerprint density at radius 1 is 1.07 bits per heavy atom. The molecule has 0 radical (unpaired) electrons. The molecule has 0 saturated heterocycles. The lowest BCUT2D eigenvalue weighted by Crippen LogP contribution is -2.30. The number of fused-ring (bicyclic) bond motifs is 1. The Morgan fingerprint density at radius 2 is 1.78 bits per heavy atom. The maximum absolute atomic E-state index is 13.0. The average molecular weight is 378 g/mol. The summed E-state index contributed by atoms with van der Waals surface area (Å²) in [6.07, 6.45) is 0.669. The van der Waals surface area contributed by atoms with Gasteiger partial charge >= 0.3 is 0 Å². The fourth-order valence-corrected chi connectivity index (χ4v) is 3.82. The number of nitrogens with zero attached hydrogens (tertiary/aromatic N) is 2. The molecular weight excluding hydrogens is 360 g/mol. The van der Waals surface area contributed by atoms with Gasteiger partial charge in [0.05, 0.1) is 18.3 Å². The van der Waals surface area contributed by atoms with Crippen molar-refractivity contribution in [2.24, 2.45) is 0 Å². The topological polar surface area (TPSA) is 64.4 Å². The highest BCUT2D eigenvalue weighted by Crippen LogP contribution is 2.30. The highest BCUT2D eigenvalue weighted by atomic mass is 32.1. The van der Waals surface area contributed by atoms with E-state index in [2.05, 4.69) is 4.98 Å². The van der Waals surface area contributed by atoms with Crippen molar-refractivity contribution in [1.29, 1.82) is 0 Å². The molecule has 0 aliphatic carbocycles. The van der Waals surface area contributed by atoms with Gasteiger partial charge in [0, 0.05) is 10.9 Å². The molecule has 0 aliphatic rings. The van der Waals surface area contributed by atoms with Gasteiger partial charge in [-0.05, 0) is 17.7 Å². The lowest BCUT2D eigenvalue weighted by molar-refractivity contribution is 0.0915. The number of aliphatic hydroxyl groups excluding tert-OH is 1. The predicted molar refractivity (Wildman–Crippen MR) is 107 cm³/mol. The van der Waals surface area contributed by atoms with Crippen LogP contribution in [0, 0.1) is 0 Å². The molecule has 5 nitrogen and oxygen atoms in total. The summed E-state index contributed by atoms with van der Waals surface area (Å²) in [5.74, 6) is 0.682. The van der Waals surface area contributed by atoms with Crippen LogP contribution in [0.15, 0.2) is 77.2 Å². The number of rotatable bonds is 6. The van der Waals surface area contributed by atoms with E-state index in [1.165, 1.54) is 22.2 Å². The minimum Gasteiger partial charge on any atom is -0.491 e. The molecule has 0 fully saturated rings. The Balaban J connectivity index is 1.57. The first-order valence-corrected chi connectivity index (χ1v) is 9.48. The Labute approximate surface area is 160 Å². The van der Waals surface area contributed by atoms with E-state index in [1.807, 2.05) is 66.0 Å². The summed E-state index contributed by atoms with van der Waals surface area (Å²) in [6.45, 7) is 0.225. The minimum atomic E-state index is -0.819. The molecule has 0 bridgehead atoms. The van der Waals surface area contributed by atoms with E-state index in [9.17, 15) is 9.90 Å². The van der Waals surface area contributed by atoms with Crippen molar-refractivity contribution < 1.29 is 9.84 Å². The van der Waals surface area contributed by atoms with E-state index in [0.29, 0.717) is 16.0 Å². The second-order valence-electron chi connectivity index (χ2n) is 6.18. The Bertz CT molecular complexity index is 1090. The van der Waals surface area contributed by atoms with Gasteiger partial charge < -0.3 is 9.84 Å². The minimum absolute atomic E-state index is 0.101. The third-order valence-corrected chi connectivity index (χ3v) is 5.12. The maximum atomic E-state index is 13.0. The zero-order valence-electron chi connectivity index (χ0n) is 14.5. The van der Waals surface area contributed by atoms with Crippen molar-refractivity contribution in [2.45, 2.75) is 12.6 Å². The molecule has 1 atom stereocenters. The quantitative estimate of drug-likeness (QED) is 0.557. The van der Waals surface area contributed by atoms with Gasteiger partial charge in [-0.15, -0.1) is 11.3 Å². The van der Waals surface area contributed by atoms with Crippen LogP contribution in [0.4, 0.5) is 0 Å². The van der Waals surface area contributed by atoms with Crippen molar-refractivity contribution in [1.82, 2.24) is 9.55 Å². The van der Waals surface area contributed by atoms with Crippen LogP contribution in [0.1, 0.15) is 0 Å². The molecule has 136 valence electrons. The first kappa shape index (κ1) is 17.5. The van der Waals surface area contributed by atoms with Crippen LogP contribution in [0.3, 0.4) is 0 Å². The van der Waals surface area contributed by atoms with E-state index >= 15 is 0 Å². The molecule has 0 amide bonds. The fourth-order valence-electron chi connectivity index (χ4n) is 2.92. The Hall–Kier alpha value is -2.96. The van der Waals surface area contributed by atoms with E-state index < -0.39 is 6.10 Å². The van der Waals surface area contributed by atoms with Gasteiger partial charge in [0.25, 0.3) is 5.56 Å². The summed E-state index contributed by atoms with van der Waals surface area (Å²) in [5, 5.41) is 12.8. The maximum Gasteiger partial charge on any atom is 0.262 e. The number of benzene rings is 2. The van der Waals surface area contributed by atoms with Crippen LogP contribution in [-0.2, 0) is 6.54 Å². The van der Waals surface area contributed by atoms with Crippen molar-refractivity contribution in [3.63, 3.8) is 0 Å². The fraction of sp³-hybridized carbons (Fsp3) is 0.143. The summed E-state index contributed by atoms with van der Waals surface area (Å²) in [5.41, 5.74) is 1.70. The van der Waals surface area contributed by atoms with Gasteiger partial charge in [-0.2, -0.15) is 0 Å². The standard InChI is InChI=1S/C21H18N2O3S/c24-16(12-26-17-9-5-2-6-10-17)11-23-14-22-20-19(21(23)25)18(13-27-20)15-7-3-1-4-8-15/h1-10,13-14,16,24H,11-12H2/t16-/m0/s1. The molecule has 2 aromatic carbocycles. The summed E-state index contributed by atoms with van der Waals surface area (Å²) in [6, 6.07) is 19.1. The molecule has 0 aliphatic heterocycles. The lowest BCUT2D eigenvalue weighted by atomic mass is 10.1. The zero-order chi connectivity index (χ0) is 18.6. The Morgan fingerprint density at radius 3 is 2.52 bits per heavy atom. The SMILES string of the molecule is O=c1c2c(-c3ccccc3)csc2ncn1C[C@H](O)COc1ccccc1. The number of ether oxygens (including phenoxy) is 1. The van der Waals surface area contributed by atoms with Gasteiger partial charge in [0.15, 0.2) is 0 Å². The summed E-state index contributed by atoms with van der Waals surface area (Å²) in [4.78, 5) is 18.1. The molecule has 6 heteroatoms. The first-order chi connectivity index (χ1) is 13.2. The van der Waals surface area contributed by atoms with Gasteiger partial charge in [-0.25, -0.2) is 4.98 Å². The van der Waals surface area contributed by atoms with Crippen molar-refractivity contribution in [2.75, 3.05) is 6.61 Å². The second kappa shape index (κ2) is 7.73. The molecule has 4 rings (SSSR count). The van der Waals surface area contributed by atoms with Crippen LogP contribution in [0.25, 0.3) is 21.3 Å². The van der Waals surface area contributed by atoms with Crippen LogP contribution in [0.5, 0.6) is 5.75 Å². The molecular formula is C21H18N2O3S. The molecule has 2 heterocycles. The van der Waals surface area contributed by atoms with Crippen molar-refractivity contribution >= 4 is 21.6 Å². The number of aromatic nitrogens is 2. The van der Waals surface area contributed by atoms with E-state index in [0.717, 1.165) is 11.1 Å². The summed E-state index contributed by atoms with van der Waals surface area (Å²) < 4.78 is 7.01. The highest BCUT2D eigenvalue weighted by molar-refractivity contribution is 7.17. The lowest BCUT2D eigenvalue weighted by Gasteiger charge is -2.14. The predicted octanol–water partition coefficient (Wildman–Crippen LogP) is 3.56. The van der Waals surface area contributed by atoms with Gasteiger partial charge in [-0.3, -0.25) is 9.36 Å². The first-order valence-electron chi connectivity index (χ1n) is 8.60. The van der Waals surface area contributed by atoms with Gasteiger partial charge in [0.1, 0.15) is 23.3 Å². The van der Waals surface area contributed by atoms with Crippen molar-refractivity contribution in [3.8, 4) is 16.9 Å². The number of hydrogen-bond acceptors (Lipinski definition) is 5. The zero-order valence-corrected chi connectivity index (χ0v) is 15.3. The monoisotopic (exact) mass is 378 g/mol. The van der Waals surface area contributed by atoms with Crippen LogP contribution >= 0.6 is 11.3 Å². The molecule has 0 saturated carbocycles. The second-order valence-corrected chi connectivity index (χ2v) is 7.03. The van der Waals surface area contributed by atoms with E-state index in [1.54, 1.807) is 0 Å². The molecule has 4 aromatic rings. The van der Waals surface area contributed by atoms with Crippen LogP contribution < -0.4 is 10.3 Å². The third kappa shape index (κ3) is 3.77. The molecule has 0 unspecified atom stereocenters. The number of aliphatic hydroxyl groups is 1. The third-order valence-electron chi connectivity index (χ3n) is 4.24. The molecule has 2 aromatic heterocycles. The smallest absolute Gasteiger partial charge is 0.262 e. The molecule has 27 heavy (non-hydrogen) atoms. The number of hydrogen-bond donors (Lipinski definition) is 1. The normalized spacial score (nSPS) is 12.2. The summed E-state index contributed by atoms with van der Waals surface area (Å²) >= 11 is 1.45. The van der Waals surface area contributed by atoms with Crippen molar-refractivity contribution in [3.05, 3.63) is 82.7 Å².